The van der Waals surface area contributed by atoms with Crippen molar-refractivity contribution in [2.24, 2.45) is 5.41 Å². The summed E-state index contributed by atoms with van der Waals surface area (Å²) in [5.74, 6) is 0. The van der Waals surface area contributed by atoms with Crippen molar-refractivity contribution in [3.8, 4) is 0 Å². The number of nitrogens with one attached hydrogen (secondary N) is 1. The van der Waals surface area contributed by atoms with Crippen molar-refractivity contribution in [2.75, 3.05) is 32.6 Å². The largest absolute Gasteiger partial charge is 0.380 e. The van der Waals surface area contributed by atoms with Gasteiger partial charge >= 0.3 is 0 Å². The van der Waals surface area contributed by atoms with Crippen molar-refractivity contribution in [2.45, 2.75) is 31.8 Å². The Balaban J connectivity index is 1.63. The van der Waals surface area contributed by atoms with E-state index in [9.17, 15) is 8.42 Å². The molecule has 1 atom stereocenters. The molecule has 3 heterocycles. The molecule has 0 radical (unpaired) electrons. The van der Waals surface area contributed by atoms with E-state index in [0.717, 1.165) is 45.5 Å². The average Bonchev–Trinajstić information content (AvgIpc) is 2.96. The van der Waals surface area contributed by atoms with Gasteiger partial charge in [0.1, 0.15) is 0 Å². The summed E-state index contributed by atoms with van der Waals surface area (Å²) in [6.45, 7) is 4.30. The summed E-state index contributed by atoms with van der Waals surface area (Å²) in [6.07, 6.45) is 4.26. The Labute approximate surface area is 136 Å². The first-order valence-corrected chi connectivity index (χ1v) is 10.5. The van der Waals surface area contributed by atoms with E-state index in [4.69, 9.17) is 4.74 Å². The van der Waals surface area contributed by atoms with E-state index < -0.39 is 10.0 Å². The van der Waals surface area contributed by atoms with Crippen LogP contribution in [0, 0.1) is 5.41 Å². The van der Waals surface area contributed by atoms with Gasteiger partial charge in [-0.3, -0.25) is 4.90 Å². The number of rotatable bonds is 4. The van der Waals surface area contributed by atoms with Crippen LogP contribution >= 0.6 is 11.3 Å². The van der Waals surface area contributed by atoms with Crippen LogP contribution in [0.4, 0.5) is 0 Å². The molecule has 5 nitrogen and oxygen atoms in total. The van der Waals surface area contributed by atoms with Gasteiger partial charge in [-0.05, 0) is 49.2 Å². The van der Waals surface area contributed by atoms with Gasteiger partial charge in [-0.25, -0.2) is 13.1 Å². The third-order valence-electron chi connectivity index (χ3n) is 4.94. The summed E-state index contributed by atoms with van der Waals surface area (Å²) in [5, 5.41) is 2.12. The zero-order chi connectivity index (χ0) is 15.6. The lowest BCUT2D eigenvalue weighted by atomic mass is 9.69. The van der Waals surface area contributed by atoms with Gasteiger partial charge in [-0.2, -0.15) is 0 Å². The molecule has 2 aliphatic heterocycles. The lowest BCUT2D eigenvalue weighted by Gasteiger charge is -2.48. The molecule has 0 aromatic carbocycles. The van der Waals surface area contributed by atoms with E-state index >= 15 is 0 Å². The Kier molecular flexibility index (Phi) is 4.89. The highest BCUT2D eigenvalue weighted by molar-refractivity contribution is 7.88. The number of likely N-dealkylation sites (tertiary alicyclic amines) is 1. The van der Waals surface area contributed by atoms with Crippen LogP contribution in [0.5, 0.6) is 0 Å². The molecule has 0 amide bonds. The molecule has 2 aliphatic rings. The number of hydrogen-bond acceptors (Lipinski definition) is 5. The Morgan fingerprint density at radius 1 is 1.41 bits per heavy atom. The molecule has 2 fully saturated rings. The molecule has 1 spiro atoms. The fraction of sp³-hybridized carbons (Fsp3) is 0.733. The molecule has 0 saturated carbocycles. The normalized spacial score (nSPS) is 26.3. The van der Waals surface area contributed by atoms with Gasteiger partial charge in [0.15, 0.2) is 0 Å². The molecule has 0 unspecified atom stereocenters. The number of piperidine rings is 1. The van der Waals surface area contributed by atoms with Gasteiger partial charge in [0.05, 0.1) is 18.9 Å². The van der Waals surface area contributed by atoms with Crippen LogP contribution in [0.3, 0.4) is 0 Å². The van der Waals surface area contributed by atoms with Crippen molar-refractivity contribution >= 4 is 21.4 Å². The Morgan fingerprint density at radius 2 is 2.18 bits per heavy atom. The van der Waals surface area contributed by atoms with E-state index in [1.54, 1.807) is 11.3 Å². The van der Waals surface area contributed by atoms with Crippen LogP contribution < -0.4 is 4.72 Å². The molecule has 0 bridgehead atoms. The summed E-state index contributed by atoms with van der Waals surface area (Å²) in [7, 11) is -3.20. The molecule has 0 aliphatic carbocycles. The van der Waals surface area contributed by atoms with Crippen molar-refractivity contribution in [1.29, 1.82) is 0 Å². The topological polar surface area (TPSA) is 58.6 Å². The van der Waals surface area contributed by atoms with E-state index in [-0.39, 0.29) is 11.5 Å². The van der Waals surface area contributed by atoms with Crippen LogP contribution in [0.1, 0.15) is 24.1 Å². The first kappa shape index (κ1) is 16.4. The molecule has 7 heteroatoms. The summed E-state index contributed by atoms with van der Waals surface area (Å²) in [6, 6.07) is 4.19. The summed E-state index contributed by atoms with van der Waals surface area (Å²) in [4.78, 5) is 3.87. The third-order valence-corrected chi connectivity index (χ3v) is 6.51. The molecule has 22 heavy (non-hydrogen) atoms. The van der Waals surface area contributed by atoms with Crippen LogP contribution in [-0.4, -0.2) is 51.9 Å². The zero-order valence-electron chi connectivity index (χ0n) is 13.0. The van der Waals surface area contributed by atoms with Crippen LogP contribution in [0.2, 0.25) is 0 Å². The summed E-state index contributed by atoms with van der Waals surface area (Å²) < 4.78 is 31.6. The molecular weight excluding hydrogens is 320 g/mol. The first-order chi connectivity index (χ1) is 10.5. The second-order valence-electron chi connectivity index (χ2n) is 6.49. The lowest BCUT2D eigenvalue weighted by Crippen LogP contribution is -2.57. The van der Waals surface area contributed by atoms with E-state index in [0.29, 0.717) is 6.61 Å². The number of hydrogen-bond donors (Lipinski definition) is 1. The molecular formula is C15H24N2O3S2. The molecule has 1 N–H and O–H groups in total. The number of thiophene rings is 1. The van der Waals surface area contributed by atoms with Gasteiger partial charge in [-0.15, -0.1) is 11.3 Å². The number of nitrogens with zero attached hydrogens (tertiary/aromatic N) is 1. The van der Waals surface area contributed by atoms with Crippen LogP contribution in [0.25, 0.3) is 0 Å². The van der Waals surface area contributed by atoms with E-state index in [1.165, 1.54) is 11.1 Å². The van der Waals surface area contributed by atoms with Gasteiger partial charge in [0, 0.05) is 18.0 Å². The van der Waals surface area contributed by atoms with Crippen molar-refractivity contribution in [3.05, 3.63) is 22.4 Å². The Morgan fingerprint density at radius 3 is 2.82 bits per heavy atom. The van der Waals surface area contributed by atoms with Crippen molar-refractivity contribution < 1.29 is 13.2 Å². The first-order valence-electron chi connectivity index (χ1n) is 7.77. The Bertz CT molecular complexity index is 578. The maximum Gasteiger partial charge on any atom is 0.209 e. The summed E-state index contributed by atoms with van der Waals surface area (Å²) in [5.41, 5.74) is 0.0628. The number of ether oxygens (including phenoxy) is 1. The summed E-state index contributed by atoms with van der Waals surface area (Å²) >= 11 is 1.80. The lowest BCUT2D eigenvalue weighted by molar-refractivity contribution is -0.0444. The monoisotopic (exact) mass is 344 g/mol. The fourth-order valence-electron chi connectivity index (χ4n) is 3.62. The third kappa shape index (κ3) is 3.89. The minimum Gasteiger partial charge on any atom is -0.380 e. The van der Waals surface area contributed by atoms with Gasteiger partial charge in [-0.1, -0.05) is 6.07 Å². The number of sulfonamides is 1. The van der Waals surface area contributed by atoms with Gasteiger partial charge in [0.2, 0.25) is 10.0 Å². The predicted octanol–water partition coefficient (Wildman–Crippen LogP) is 1.67. The smallest absolute Gasteiger partial charge is 0.209 e. The van der Waals surface area contributed by atoms with Gasteiger partial charge in [0.25, 0.3) is 0 Å². The average molecular weight is 345 g/mol. The maximum atomic E-state index is 11.6. The van der Waals surface area contributed by atoms with Gasteiger partial charge < -0.3 is 4.74 Å². The minimum absolute atomic E-state index is 0.0628. The molecule has 1 aromatic rings. The molecule has 1 aromatic heterocycles. The maximum absolute atomic E-state index is 11.6. The van der Waals surface area contributed by atoms with Crippen molar-refractivity contribution in [1.82, 2.24) is 9.62 Å². The highest BCUT2D eigenvalue weighted by Crippen LogP contribution is 2.41. The second kappa shape index (κ2) is 6.57. The fourth-order valence-corrected chi connectivity index (χ4v) is 5.20. The van der Waals surface area contributed by atoms with Crippen LogP contribution in [0.15, 0.2) is 17.5 Å². The molecule has 124 valence electrons. The van der Waals surface area contributed by atoms with E-state index in [1.807, 2.05) is 0 Å². The van der Waals surface area contributed by atoms with Crippen molar-refractivity contribution in [3.63, 3.8) is 0 Å². The second-order valence-corrected chi connectivity index (χ2v) is 9.30. The Hall–Kier alpha value is -0.470. The highest BCUT2D eigenvalue weighted by Gasteiger charge is 2.44. The highest BCUT2D eigenvalue weighted by atomic mass is 32.2. The van der Waals surface area contributed by atoms with E-state index in [2.05, 4.69) is 27.1 Å². The predicted molar refractivity (Wildman–Crippen MR) is 88.5 cm³/mol. The SMILES string of the molecule is CS(=O)(=O)N[C@H]1COCCC12CCN(Cc1cccs1)CC2. The molecule has 2 saturated heterocycles. The van der Waals surface area contributed by atoms with Crippen LogP contribution in [-0.2, 0) is 21.3 Å². The minimum atomic E-state index is -3.20. The standard InChI is InChI=1S/C15H24N2O3S2/c1-22(18,19)16-14-12-20-9-6-15(14)4-7-17(8-5-15)11-13-3-2-10-21-13/h2-3,10,14,16H,4-9,11-12H2,1H3/t14-/m0/s1. The zero-order valence-corrected chi connectivity index (χ0v) is 14.6. The quantitative estimate of drug-likeness (QED) is 0.903. The molecule has 3 rings (SSSR count).